The van der Waals surface area contributed by atoms with Gasteiger partial charge in [0.1, 0.15) is 0 Å². The third-order valence-electron chi connectivity index (χ3n) is 4.49. The molecule has 7 nitrogen and oxygen atoms in total. The molecule has 1 aliphatic rings. The molecule has 0 atom stereocenters. The standard InChI is InChI=1S/C21H17ClN2O5S/c1-13-10-14(21(25)23-16-5-9-19-20(11-16)29-12-28-19)2-8-18(13)24-30(26,27)17-6-3-15(22)4-7-17/h2-11,24H,12H2,1H3,(H,23,25). The van der Waals surface area contributed by atoms with Crippen molar-refractivity contribution in [3.63, 3.8) is 0 Å². The van der Waals surface area contributed by atoms with Gasteiger partial charge in [-0.2, -0.15) is 0 Å². The van der Waals surface area contributed by atoms with E-state index in [0.717, 1.165) is 0 Å². The molecule has 3 aromatic carbocycles. The molecular formula is C21H17ClN2O5S. The number of ether oxygens (including phenoxy) is 2. The summed E-state index contributed by atoms with van der Waals surface area (Å²) in [5, 5.41) is 3.24. The van der Waals surface area contributed by atoms with E-state index < -0.39 is 10.0 Å². The maximum absolute atomic E-state index is 12.6. The number of amides is 1. The Morgan fingerprint density at radius 3 is 2.43 bits per heavy atom. The van der Waals surface area contributed by atoms with E-state index in [0.29, 0.717) is 39.0 Å². The maximum atomic E-state index is 12.6. The number of halogens is 1. The molecule has 0 aromatic heterocycles. The van der Waals surface area contributed by atoms with Crippen LogP contribution in [0.25, 0.3) is 0 Å². The summed E-state index contributed by atoms with van der Waals surface area (Å²) in [6.45, 7) is 1.87. The monoisotopic (exact) mass is 444 g/mol. The number of rotatable bonds is 5. The molecule has 0 bridgehead atoms. The zero-order chi connectivity index (χ0) is 21.3. The Morgan fingerprint density at radius 2 is 1.70 bits per heavy atom. The molecule has 1 heterocycles. The van der Waals surface area contributed by atoms with Crippen LogP contribution in [-0.2, 0) is 10.0 Å². The molecule has 3 aromatic rings. The molecule has 4 rings (SSSR count). The van der Waals surface area contributed by atoms with Gasteiger partial charge in [0.25, 0.3) is 15.9 Å². The highest BCUT2D eigenvalue weighted by atomic mass is 35.5. The molecule has 2 N–H and O–H groups in total. The lowest BCUT2D eigenvalue weighted by molar-refractivity contribution is 0.102. The second-order valence-corrected chi connectivity index (χ2v) is 8.73. The summed E-state index contributed by atoms with van der Waals surface area (Å²) in [5.74, 6) is 0.862. The van der Waals surface area contributed by atoms with Crippen LogP contribution in [0.5, 0.6) is 11.5 Å². The molecule has 0 radical (unpaired) electrons. The van der Waals surface area contributed by atoms with Gasteiger partial charge in [-0.25, -0.2) is 8.42 Å². The molecule has 0 unspecified atom stereocenters. The van der Waals surface area contributed by atoms with E-state index in [4.69, 9.17) is 21.1 Å². The number of aryl methyl sites for hydroxylation is 1. The van der Waals surface area contributed by atoms with Gasteiger partial charge in [0.2, 0.25) is 6.79 Å². The molecule has 154 valence electrons. The van der Waals surface area contributed by atoms with E-state index in [9.17, 15) is 13.2 Å². The van der Waals surface area contributed by atoms with Crippen LogP contribution in [0, 0.1) is 6.92 Å². The maximum Gasteiger partial charge on any atom is 0.261 e. The van der Waals surface area contributed by atoms with Gasteiger partial charge in [-0.05, 0) is 67.1 Å². The predicted molar refractivity (Wildman–Crippen MR) is 114 cm³/mol. The van der Waals surface area contributed by atoms with Crippen molar-refractivity contribution in [1.82, 2.24) is 0 Å². The SMILES string of the molecule is Cc1cc(C(=O)Nc2ccc3c(c2)OCO3)ccc1NS(=O)(=O)c1ccc(Cl)cc1. The Hall–Kier alpha value is -3.23. The van der Waals surface area contributed by atoms with Crippen molar-refractivity contribution in [1.29, 1.82) is 0 Å². The predicted octanol–water partition coefficient (Wildman–Crippen LogP) is 4.43. The summed E-state index contributed by atoms with van der Waals surface area (Å²) in [5.41, 5.74) is 1.93. The van der Waals surface area contributed by atoms with Crippen LogP contribution in [0.2, 0.25) is 5.02 Å². The molecule has 0 fully saturated rings. The Kier molecular flexibility index (Phi) is 5.27. The Morgan fingerprint density at radius 1 is 0.967 bits per heavy atom. The van der Waals surface area contributed by atoms with E-state index in [1.54, 1.807) is 43.3 Å². The van der Waals surface area contributed by atoms with Gasteiger partial charge in [-0.3, -0.25) is 9.52 Å². The summed E-state index contributed by atoms with van der Waals surface area (Å²) >= 11 is 5.81. The van der Waals surface area contributed by atoms with Crippen LogP contribution in [0.1, 0.15) is 15.9 Å². The van der Waals surface area contributed by atoms with Crippen LogP contribution < -0.4 is 19.5 Å². The van der Waals surface area contributed by atoms with Gasteiger partial charge in [0, 0.05) is 22.3 Å². The van der Waals surface area contributed by atoms with Gasteiger partial charge in [0.15, 0.2) is 11.5 Å². The van der Waals surface area contributed by atoms with Crippen molar-refractivity contribution in [2.45, 2.75) is 11.8 Å². The normalized spacial score (nSPS) is 12.5. The molecule has 30 heavy (non-hydrogen) atoms. The number of hydrogen-bond donors (Lipinski definition) is 2. The summed E-state index contributed by atoms with van der Waals surface area (Å²) in [6.07, 6.45) is 0. The number of sulfonamides is 1. The Labute approximate surface area is 178 Å². The number of hydrogen-bond acceptors (Lipinski definition) is 5. The third kappa shape index (κ3) is 4.19. The highest BCUT2D eigenvalue weighted by Gasteiger charge is 2.17. The molecule has 0 saturated heterocycles. The van der Waals surface area contributed by atoms with Crippen LogP contribution >= 0.6 is 11.6 Å². The van der Waals surface area contributed by atoms with E-state index >= 15 is 0 Å². The minimum absolute atomic E-state index is 0.0935. The van der Waals surface area contributed by atoms with E-state index in [-0.39, 0.29) is 17.6 Å². The second-order valence-electron chi connectivity index (χ2n) is 6.61. The minimum atomic E-state index is -3.78. The third-order valence-corrected chi connectivity index (χ3v) is 6.12. The number of carbonyl (C=O) groups is 1. The van der Waals surface area contributed by atoms with Crippen LogP contribution in [-0.4, -0.2) is 21.1 Å². The van der Waals surface area contributed by atoms with Gasteiger partial charge in [-0.15, -0.1) is 0 Å². The van der Waals surface area contributed by atoms with Gasteiger partial charge in [-0.1, -0.05) is 11.6 Å². The van der Waals surface area contributed by atoms with Crippen LogP contribution in [0.4, 0.5) is 11.4 Å². The zero-order valence-electron chi connectivity index (χ0n) is 15.8. The fourth-order valence-electron chi connectivity index (χ4n) is 2.91. The highest BCUT2D eigenvalue weighted by molar-refractivity contribution is 7.92. The molecule has 0 saturated carbocycles. The Balaban J connectivity index is 1.50. The summed E-state index contributed by atoms with van der Waals surface area (Å²) in [4.78, 5) is 12.7. The van der Waals surface area contributed by atoms with Crippen molar-refractivity contribution >= 4 is 38.9 Å². The topological polar surface area (TPSA) is 93.7 Å². The van der Waals surface area contributed by atoms with Gasteiger partial charge in [0.05, 0.1) is 10.6 Å². The van der Waals surface area contributed by atoms with Crippen LogP contribution in [0.15, 0.2) is 65.6 Å². The van der Waals surface area contributed by atoms with E-state index in [1.807, 2.05) is 0 Å². The van der Waals surface area contributed by atoms with Crippen molar-refractivity contribution in [3.8, 4) is 11.5 Å². The number of nitrogens with one attached hydrogen (secondary N) is 2. The average molecular weight is 445 g/mol. The van der Waals surface area contributed by atoms with Crippen molar-refractivity contribution in [2.75, 3.05) is 16.8 Å². The fraction of sp³-hybridized carbons (Fsp3) is 0.0952. The quantitative estimate of drug-likeness (QED) is 0.607. The highest BCUT2D eigenvalue weighted by Crippen LogP contribution is 2.34. The number of carbonyl (C=O) groups excluding carboxylic acids is 1. The fourth-order valence-corrected chi connectivity index (χ4v) is 4.17. The van der Waals surface area contributed by atoms with Crippen molar-refractivity contribution < 1.29 is 22.7 Å². The second kappa shape index (κ2) is 7.89. The zero-order valence-corrected chi connectivity index (χ0v) is 17.4. The molecule has 0 aliphatic carbocycles. The van der Waals surface area contributed by atoms with E-state index in [2.05, 4.69) is 10.0 Å². The summed E-state index contributed by atoms with van der Waals surface area (Å²) < 4.78 is 38.2. The van der Waals surface area contributed by atoms with E-state index in [1.165, 1.54) is 24.3 Å². The van der Waals surface area contributed by atoms with Crippen molar-refractivity contribution in [2.24, 2.45) is 0 Å². The van der Waals surface area contributed by atoms with Crippen LogP contribution in [0.3, 0.4) is 0 Å². The first-order valence-corrected chi connectivity index (χ1v) is 10.8. The first-order valence-electron chi connectivity index (χ1n) is 8.92. The number of benzene rings is 3. The lowest BCUT2D eigenvalue weighted by Gasteiger charge is -2.12. The smallest absolute Gasteiger partial charge is 0.261 e. The largest absolute Gasteiger partial charge is 0.454 e. The Bertz CT molecular complexity index is 1230. The van der Waals surface area contributed by atoms with Crippen molar-refractivity contribution in [3.05, 3.63) is 76.8 Å². The number of fused-ring (bicyclic) bond motifs is 1. The lowest BCUT2D eigenvalue weighted by atomic mass is 10.1. The lowest BCUT2D eigenvalue weighted by Crippen LogP contribution is -2.15. The molecular weight excluding hydrogens is 428 g/mol. The average Bonchev–Trinajstić information content (AvgIpc) is 3.17. The number of anilines is 2. The molecule has 1 aliphatic heterocycles. The van der Waals surface area contributed by atoms with Gasteiger partial charge >= 0.3 is 0 Å². The first kappa shape index (κ1) is 20.1. The van der Waals surface area contributed by atoms with Gasteiger partial charge < -0.3 is 14.8 Å². The molecule has 9 heteroatoms. The summed E-state index contributed by atoms with van der Waals surface area (Å²) in [6, 6.07) is 15.7. The summed E-state index contributed by atoms with van der Waals surface area (Å²) in [7, 11) is -3.78. The molecule has 0 spiro atoms. The molecule has 1 amide bonds. The minimum Gasteiger partial charge on any atom is -0.454 e. The first-order chi connectivity index (χ1) is 14.3.